The fourth-order valence-electron chi connectivity index (χ4n) is 1.63. The van der Waals surface area contributed by atoms with Crippen LogP contribution in [0, 0.1) is 0 Å². The first-order chi connectivity index (χ1) is 8.59. The van der Waals surface area contributed by atoms with Crippen LogP contribution in [0.15, 0.2) is 30.3 Å². The first-order valence-corrected chi connectivity index (χ1v) is 5.91. The summed E-state index contributed by atoms with van der Waals surface area (Å²) < 4.78 is 9.96. The van der Waals surface area contributed by atoms with Crippen LogP contribution in [-0.4, -0.2) is 25.2 Å². The third kappa shape index (κ3) is 5.48. The van der Waals surface area contributed by atoms with Crippen molar-refractivity contribution in [3.8, 4) is 0 Å². The Kier molecular flexibility index (Phi) is 5.91. The van der Waals surface area contributed by atoms with Gasteiger partial charge >= 0.3 is 11.9 Å². The normalized spacial score (nSPS) is 11.7. The maximum Gasteiger partial charge on any atom is 0.302 e. The lowest BCUT2D eigenvalue weighted by atomic mass is 9.97. The SMILES string of the molecule is CC(=O)OCC[C@H](COC(C)=O)c1ccccc1. The highest BCUT2D eigenvalue weighted by atomic mass is 16.5. The number of benzene rings is 1. The van der Waals surface area contributed by atoms with Gasteiger partial charge in [0, 0.05) is 19.8 Å². The van der Waals surface area contributed by atoms with Crippen molar-refractivity contribution >= 4 is 11.9 Å². The van der Waals surface area contributed by atoms with E-state index in [1.165, 1.54) is 13.8 Å². The third-order valence-electron chi connectivity index (χ3n) is 2.53. The molecule has 0 unspecified atom stereocenters. The molecule has 0 aliphatic rings. The van der Waals surface area contributed by atoms with Crippen LogP contribution in [0.2, 0.25) is 0 Å². The van der Waals surface area contributed by atoms with Crippen LogP contribution in [0.1, 0.15) is 31.7 Å². The predicted octanol–water partition coefficient (Wildman–Crippen LogP) is 2.29. The lowest BCUT2D eigenvalue weighted by Crippen LogP contribution is -2.14. The second kappa shape index (κ2) is 7.48. The van der Waals surface area contributed by atoms with Crippen LogP contribution < -0.4 is 0 Å². The summed E-state index contributed by atoms with van der Waals surface area (Å²) in [7, 11) is 0. The van der Waals surface area contributed by atoms with E-state index in [9.17, 15) is 9.59 Å². The highest BCUT2D eigenvalue weighted by molar-refractivity contribution is 5.66. The molecule has 0 fully saturated rings. The molecule has 0 bridgehead atoms. The van der Waals surface area contributed by atoms with Crippen molar-refractivity contribution in [2.75, 3.05) is 13.2 Å². The van der Waals surface area contributed by atoms with Gasteiger partial charge in [-0.15, -0.1) is 0 Å². The molecule has 0 aromatic heterocycles. The minimum Gasteiger partial charge on any atom is -0.466 e. The van der Waals surface area contributed by atoms with E-state index in [1.54, 1.807) is 0 Å². The van der Waals surface area contributed by atoms with Crippen molar-refractivity contribution in [3.63, 3.8) is 0 Å². The van der Waals surface area contributed by atoms with Crippen LogP contribution in [-0.2, 0) is 19.1 Å². The molecule has 4 nitrogen and oxygen atoms in total. The van der Waals surface area contributed by atoms with Crippen LogP contribution in [0.3, 0.4) is 0 Å². The first kappa shape index (κ1) is 14.2. The standard InChI is InChI=1S/C14H18O4/c1-11(15)17-9-8-14(10-18-12(2)16)13-6-4-3-5-7-13/h3-7,14H,8-10H2,1-2H3/t14-/m1/s1. The Morgan fingerprint density at radius 1 is 1.06 bits per heavy atom. The average Bonchev–Trinajstić information content (AvgIpc) is 2.34. The smallest absolute Gasteiger partial charge is 0.302 e. The van der Waals surface area contributed by atoms with E-state index in [1.807, 2.05) is 30.3 Å². The van der Waals surface area contributed by atoms with E-state index >= 15 is 0 Å². The molecule has 4 heteroatoms. The molecule has 0 N–H and O–H groups in total. The number of carbonyl (C=O) groups is 2. The Morgan fingerprint density at radius 3 is 2.22 bits per heavy atom. The maximum atomic E-state index is 10.9. The molecule has 1 aromatic carbocycles. The summed E-state index contributed by atoms with van der Waals surface area (Å²) in [4.78, 5) is 21.6. The minimum absolute atomic E-state index is 0.0504. The molecule has 0 spiro atoms. The molecule has 0 aliphatic carbocycles. The summed E-state index contributed by atoms with van der Waals surface area (Å²) in [5.41, 5.74) is 1.07. The van der Waals surface area contributed by atoms with Crippen molar-refractivity contribution in [1.29, 1.82) is 0 Å². The summed E-state index contributed by atoms with van der Waals surface area (Å²) in [6.07, 6.45) is 0.636. The fraction of sp³-hybridized carbons (Fsp3) is 0.429. The van der Waals surface area contributed by atoms with Crippen LogP contribution in [0.4, 0.5) is 0 Å². The number of hydrogen-bond donors (Lipinski definition) is 0. The van der Waals surface area contributed by atoms with Crippen LogP contribution in [0.5, 0.6) is 0 Å². The number of hydrogen-bond acceptors (Lipinski definition) is 4. The molecule has 18 heavy (non-hydrogen) atoms. The molecular weight excluding hydrogens is 232 g/mol. The van der Waals surface area contributed by atoms with Gasteiger partial charge in [0.2, 0.25) is 0 Å². The monoisotopic (exact) mass is 250 g/mol. The number of esters is 2. The number of ether oxygens (including phenoxy) is 2. The maximum absolute atomic E-state index is 10.9. The molecule has 1 atom stereocenters. The second-order valence-corrected chi connectivity index (χ2v) is 4.04. The second-order valence-electron chi connectivity index (χ2n) is 4.04. The minimum atomic E-state index is -0.302. The van der Waals surface area contributed by atoms with Gasteiger partial charge in [0.05, 0.1) is 13.2 Å². The van der Waals surface area contributed by atoms with Gasteiger partial charge in [-0.3, -0.25) is 9.59 Å². The van der Waals surface area contributed by atoms with Crippen molar-refractivity contribution in [3.05, 3.63) is 35.9 Å². The summed E-state index contributed by atoms with van der Waals surface area (Å²) >= 11 is 0. The summed E-state index contributed by atoms with van der Waals surface area (Å²) in [5, 5.41) is 0. The largest absolute Gasteiger partial charge is 0.466 e. The Labute approximate surface area is 107 Å². The topological polar surface area (TPSA) is 52.6 Å². The van der Waals surface area contributed by atoms with E-state index in [-0.39, 0.29) is 17.9 Å². The number of carbonyl (C=O) groups excluding carboxylic acids is 2. The van der Waals surface area contributed by atoms with Gasteiger partial charge in [-0.25, -0.2) is 0 Å². The van der Waals surface area contributed by atoms with Gasteiger partial charge in [-0.1, -0.05) is 30.3 Å². The molecule has 0 radical (unpaired) electrons. The van der Waals surface area contributed by atoms with Gasteiger partial charge in [0.15, 0.2) is 0 Å². The molecule has 0 aliphatic heterocycles. The summed E-state index contributed by atoms with van der Waals surface area (Å²) in [6.45, 7) is 3.40. The third-order valence-corrected chi connectivity index (χ3v) is 2.53. The van der Waals surface area contributed by atoms with Crippen molar-refractivity contribution in [1.82, 2.24) is 0 Å². The van der Waals surface area contributed by atoms with E-state index in [0.29, 0.717) is 19.6 Å². The fourth-order valence-corrected chi connectivity index (χ4v) is 1.63. The van der Waals surface area contributed by atoms with Crippen molar-refractivity contribution < 1.29 is 19.1 Å². The molecule has 0 saturated heterocycles. The summed E-state index contributed by atoms with van der Waals surface area (Å²) in [6, 6.07) is 9.74. The highest BCUT2D eigenvalue weighted by Gasteiger charge is 2.13. The molecule has 0 heterocycles. The molecule has 1 rings (SSSR count). The summed E-state index contributed by atoms with van der Waals surface area (Å²) in [5.74, 6) is -0.549. The van der Waals surface area contributed by atoms with E-state index in [0.717, 1.165) is 5.56 Å². The van der Waals surface area contributed by atoms with Crippen molar-refractivity contribution in [2.45, 2.75) is 26.2 Å². The van der Waals surface area contributed by atoms with Crippen LogP contribution in [0.25, 0.3) is 0 Å². The number of rotatable bonds is 6. The lowest BCUT2D eigenvalue weighted by molar-refractivity contribution is -0.144. The zero-order valence-corrected chi connectivity index (χ0v) is 10.7. The predicted molar refractivity (Wildman–Crippen MR) is 67.1 cm³/mol. The van der Waals surface area contributed by atoms with E-state index in [2.05, 4.69) is 0 Å². The van der Waals surface area contributed by atoms with Crippen LogP contribution >= 0.6 is 0 Å². The van der Waals surface area contributed by atoms with Gasteiger partial charge < -0.3 is 9.47 Å². The zero-order valence-electron chi connectivity index (χ0n) is 10.7. The van der Waals surface area contributed by atoms with Gasteiger partial charge in [-0.2, -0.15) is 0 Å². The average molecular weight is 250 g/mol. The zero-order chi connectivity index (χ0) is 13.4. The Balaban J connectivity index is 2.57. The molecular formula is C14H18O4. The molecule has 1 aromatic rings. The quantitative estimate of drug-likeness (QED) is 0.727. The van der Waals surface area contributed by atoms with Gasteiger partial charge in [0.1, 0.15) is 0 Å². The molecule has 0 amide bonds. The van der Waals surface area contributed by atoms with Crippen molar-refractivity contribution in [2.24, 2.45) is 0 Å². The van der Waals surface area contributed by atoms with Gasteiger partial charge in [-0.05, 0) is 12.0 Å². The molecule has 0 saturated carbocycles. The van der Waals surface area contributed by atoms with Gasteiger partial charge in [0.25, 0.3) is 0 Å². The Bertz CT molecular complexity index is 386. The lowest BCUT2D eigenvalue weighted by Gasteiger charge is -2.16. The highest BCUT2D eigenvalue weighted by Crippen LogP contribution is 2.20. The Hall–Kier alpha value is -1.84. The first-order valence-electron chi connectivity index (χ1n) is 5.91. The van der Waals surface area contributed by atoms with E-state index < -0.39 is 0 Å². The Morgan fingerprint density at radius 2 is 1.67 bits per heavy atom. The van der Waals surface area contributed by atoms with E-state index in [4.69, 9.17) is 9.47 Å². The molecule has 98 valence electrons.